The zero-order valence-corrected chi connectivity index (χ0v) is 23.3. The predicted octanol–water partition coefficient (Wildman–Crippen LogP) is 5.51. The van der Waals surface area contributed by atoms with E-state index >= 15 is 0 Å². The maximum Gasteiger partial charge on any atom is 0.224 e. The Labute approximate surface area is 244 Å². The molecule has 10 nitrogen and oxygen atoms in total. The summed E-state index contributed by atoms with van der Waals surface area (Å²) in [5.41, 5.74) is 15.9. The molecule has 1 aliphatic rings. The number of hydrogen-bond donors (Lipinski definition) is 3. The molecule has 1 aliphatic heterocycles. The minimum atomic E-state index is -0.0142. The number of hydrogen-bond acceptors (Lipinski definition) is 8. The van der Waals surface area contributed by atoms with Crippen molar-refractivity contribution in [1.82, 2.24) is 24.6 Å². The lowest BCUT2D eigenvalue weighted by atomic mass is 10.1. The summed E-state index contributed by atoms with van der Waals surface area (Å²) in [4.78, 5) is 23.6. The number of ether oxygens (including phenoxy) is 1. The van der Waals surface area contributed by atoms with Crippen LogP contribution in [0.25, 0.3) is 22.3 Å². The van der Waals surface area contributed by atoms with Gasteiger partial charge in [0.15, 0.2) is 5.65 Å². The standard InChI is InChI=1S/C32H34N8O2/c33-26-10-4-5-11-27(26)37-28(41)12-6-7-18-39-19-17-23(20-39)40-32-29(31(34)35-21-36-32)30(38-40)22-13-15-25(16-14-22)42-24-8-2-1-3-9-24/h1-5,8-11,13-16,21,23H,6-7,12,17-20,33H2,(H,37,41)(H2,34,35,36). The van der Waals surface area contributed by atoms with Crippen LogP contribution in [0.1, 0.15) is 31.7 Å². The van der Waals surface area contributed by atoms with E-state index in [0.717, 1.165) is 72.7 Å². The highest BCUT2D eigenvalue weighted by Crippen LogP contribution is 2.35. The van der Waals surface area contributed by atoms with Gasteiger partial charge in [0.25, 0.3) is 0 Å². The van der Waals surface area contributed by atoms with Gasteiger partial charge in [0.2, 0.25) is 5.91 Å². The first-order chi connectivity index (χ1) is 20.5. The Balaban J connectivity index is 1.09. The Morgan fingerprint density at radius 2 is 1.69 bits per heavy atom. The highest BCUT2D eigenvalue weighted by Gasteiger charge is 2.28. The third-order valence-corrected chi connectivity index (χ3v) is 7.58. The molecule has 1 fully saturated rings. The van der Waals surface area contributed by atoms with Crippen LogP contribution in [0.15, 0.2) is 85.2 Å². The van der Waals surface area contributed by atoms with Gasteiger partial charge in [-0.15, -0.1) is 0 Å². The molecule has 42 heavy (non-hydrogen) atoms. The number of fused-ring (bicyclic) bond motifs is 1. The first-order valence-electron chi connectivity index (χ1n) is 14.2. The number of anilines is 3. The van der Waals surface area contributed by atoms with E-state index in [2.05, 4.69) is 20.2 Å². The third-order valence-electron chi connectivity index (χ3n) is 7.58. The van der Waals surface area contributed by atoms with Gasteiger partial charge in [-0.25, -0.2) is 14.6 Å². The summed E-state index contributed by atoms with van der Waals surface area (Å²) in [7, 11) is 0. The lowest BCUT2D eigenvalue weighted by Crippen LogP contribution is -2.23. The van der Waals surface area contributed by atoms with Crippen molar-refractivity contribution < 1.29 is 9.53 Å². The summed E-state index contributed by atoms with van der Waals surface area (Å²) < 4.78 is 7.96. The first-order valence-corrected chi connectivity index (χ1v) is 14.2. The van der Waals surface area contributed by atoms with Gasteiger partial charge in [-0.05, 0) is 74.3 Å². The number of amides is 1. The highest BCUT2D eigenvalue weighted by atomic mass is 16.5. The molecule has 10 heteroatoms. The fraction of sp³-hybridized carbons (Fsp3) is 0.250. The van der Waals surface area contributed by atoms with Crippen LogP contribution in [0, 0.1) is 0 Å². The lowest BCUT2D eigenvalue weighted by Gasteiger charge is -2.16. The number of nitrogen functional groups attached to an aromatic ring is 2. The molecule has 3 aromatic carbocycles. The molecule has 3 heterocycles. The number of unbranched alkanes of at least 4 members (excludes halogenated alkanes) is 1. The number of likely N-dealkylation sites (tertiary alicyclic amines) is 1. The maximum atomic E-state index is 12.3. The Hall–Kier alpha value is -4.96. The van der Waals surface area contributed by atoms with Gasteiger partial charge in [-0.2, -0.15) is 5.10 Å². The van der Waals surface area contributed by atoms with Crippen molar-refractivity contribution in [3.05, 3.63) is 85.2 Å². The van der Waals surface area contributed by atoms with Gasteiger partial charge < -0.3 is 26.4 Å². The number of carbonyl (C=O) groups excluding carboxylic acids is 1. The molecule has 0 bridgehead atoms. The summed E-state index contributed by atoms with van der Waals surface area (Å²) in [6, 6.07) is 25.0. The monoisotopic (exact) mass is 562 g/mol. The average Bonchev–Trinajstić information content (AvgIpc) is 3.63. The van der Waals surface area contributed by atoms with Gasteiger partial charge in [-0.3, -0.25) is 4.79 Å². The SMILES string of the molecule is Nc1ccccc1NC(=O)CCCCN1CCC(n2nc(-c3ccc(Oc4ccccc4)cc3)c3c(N)ncnc32)C1. The van der Waals surface area contributed by atoms with Crippen LogP contribution in [0.5, 0.6) is 11.5 Å². The van der Waals surface area contributed by atoms with Gasteiger partial charge in [-0.1, -0.05) is 30.3 Å². The fourth-order valence-electron chi connectivity index (χ4n) is 5.42. The van der Waals surface area contributed by atoms with Crippen LogP contribution in [0.4, 0.5) is 17.2 Å². The molecule has 5 aromatic rings. The Morgan fingerprint density at radius 1 is 0.929 bits per heavy atom. The average molecular weight is 563 g/mol. The number of para-hydroxylation sites is 3. The number of nitrogens with zero attached hydrogens (tertiary/aromatic N) is 5. The quantitative estimate of drug-likeness (QED) is 0.150. The summed E-state index contributed by atoms with van der Waals surface area (Å²) in [6.07, 6.45) is 4.66. The van der Waals surface area contributed by atoms with E-state index < -0.39 is 0 Å². The number of benzene rings is 3. The normalized spacial score (nSPS) is 15.2. The molecule has 0 spiro atoms. The third kappa shape index (κ3) is 6.03. The van der Waals surface area contributed by atoms with Crippen molar-refractivity contribution >= 4 is 34.1 Å². The maximum absolute atomic E-state index is 12.3. The predicted molar refractivity (Wildman–Crippen MR) is 165 cm³/mol. The van der Waals surface area contributed by atoms with Crippen molar-refractivity contribution in [3.8, 4) is 22.8 Å². The molecule has 1 unspecified atom stereocenters. The topological polar surface area (TPSA) is 137 Å². The highest BCUT2D eigenvalue weighted by molar-refractivity contribution is 5.98. The van der Waals surface area contributed by atoms with Crippen LogP contribution in [-0.4, -0.2) is 50.2 Å². The van der Waals surface area contributed by atoms with Crippen molar-refractivity contribution in [2.24, 2.45) is 0 Å². The first kappa shape index (κ1) is 27.2. The van der Waals surface area contributed by atoms with Crippen LogP contribution in [0.2, 0.25) is 0 Å². The van der Waals surface area contributed by atoms with E-state index in [1.807, 2.05) is 77.5 Å². The van der Waals surface area contributed by atoms with Crippen molar-refractivity contribution in [1.29, 1.82) is 0 Å². The van der Waals surface area contributed by atoms with Gasteiger partial charge in [0.1, 0.15) is 29.3 Å². The van der Waals surface area contributed by atoms with E-state index in [4.69, 9.17) is 21.3 Å². The second-order valence-electron chi connectivity index (χ2n) is 10.5. The summed E-state index contributed by atoms with van der Waals surface area (Å²) >= 11 is 0. The van der Waals surface area contributed by atoms with Gasteiger partial charge >= 0.3 is 0 Å². The molecule has 1 saturated heterocycles. The van der Waals surface area contributed by atoms with Crippen molar-refractivity contribution in [3.63, 3.8) is 0 Å². The number of aromatic nitrogens is 4. The zero-order valence-electron chi connectivity index (χ0n) is 23.3. The molecule has 1 amide bonds. The number of carbonyl (C=O) groups is 1. The molecule has 0 radical (unpaired) electrons. The number of nitrogens with one attached hydrogen (secondary N) is 1. The Morgan fingerprint density at radius 3 is 2.50 bits per heavy atom. The lowest BCUT2D eigenvalue weighted by molar-refractivity contribution is -0.116. The van der Waals surface area contributed by atoms with E-state index in [1.54, 1.807) is 6.07 Å². The number of nitrogens with two attached hydrogens (primary N) is 2. The molecule has 0 saturated carbocycles. The molecular weight excluding hydrogens is 528 g/mol. The largest absolute Gasteiger partial charge is 0.457 e. The molecule has 0 aliphatic carbocycles. The second-order valence-corrected chi connectivity index (χ2v) is 10.5. The smallest absolute Gasteiger partial charge is 0.224 e. The molecular formula is C32H34N8O2. The number of rotatable bonds is 10. The van der Waals surface area contributed by atoms with E-state index in [-0.39, 0.29) is 11.9 Å². The minimum absolute atomic E-state index is 0.0142. The van der Waals surface area contributed by atoms with Crippen LogP contribution < -0.4 is 21.5 Å². The van der Waals surface area contributed by atoms with Gasteiger partial charge in [0, 0.05) is 25.1 Å². The molecule has 5 N–H and O–H groups in total. The molecule has 214 valence electrons. The Kier molecular flexibility index (Phi) is 7.96. The van der Waals surface area contributed by atoms with E-state index in [9.17, 15) is 4.79 Å². The summed E-state index contributed by atoms with van der Waals surface area (Å²) in [5, 5.41) is 8.68. The van der Waals surface area contributed by atoms with E-state index in [1.165, 1.54) is 6.33 Å². The van der Waals surface area contributed by atoms with Crippen LogP contribution in [0.3, 0.4) is 0 Å². The zero-order chi connectivity index (χ0) is 28.9. The van der Waals surface area contributed by atoms with Gasteiger partial charge in [0.05, 0.1) is 22.8 Å². The molecule has 6 rings (SSSR count). The minimum Gasteiger partial charge on any atom is -0.457 e. The Bertz CT molecular complexity index is 1670. The van der Waals surface area contributed by atoms with Crippen molar-refractivity contribution in [2.75, 3.05) is 36.4 Å². The second kappa shape index (κ2) is 12.3. The summed E-state index contributed by atoms with van der Waals surface area (Å²) in [5.74, 6) is 1.92. The van der Waals surface area contributed by atoms with Crippen LogP contribution >= 0.6 is 0 Å². The summed E-state index contributed by atoms with van der Waals surface area (Å²) in [6.45, 7) is 2.74. The molecule has 1 atom stereocenters. The molecule has 2 aromatic heterocycles. The van der Waals surface area contributed by atoms with Crippen molar-refractivity contribution in [2.45, 2.75) is 31.7 Å². The van der Waals surface area contributed by atoms with E-state index in [0.29, 0.717) is 23.6 Å². The van der Waals surface area contributed by atoms with Crippen LogP contribution in [-0.2, 0) is 4.79 Å². The fourth-order valence-corrected chi connectivity index (χ4v) is 5.42.